The van der Waals surface area contributed by atoms with Crippen LogP contribution < -0.4 is 11.1 Å². The highest BCUT2D eigenvalue weighted by Crippen LogP contribution is 2.42. The number of fused-ring (bicyclic) bond motifs is 1. The van der Waals surface area contributed by atoms with Crippen LogP contribution >= 0.6 is 23.2 Å². The molecule has 4 rings (SSSR count). The molecule has 0 aromatic carbocycles. The first-order valence-corrected chi connectivity index (χ1v) is 9.51. The largest absolute Gasteiger partial charge is 0.377 e. The summed E-state index contributed by atoms with van der Waals surface area (Å²) in [6.45, 7) is 3.02. The van der Waals surface area contributed by atoms with E-state index >= 15 is 0 Å². The number of primary amides is 1. The highest BCUT2D eigenvalue weighted by Gasteiger charge is 2.28. The van der Waals surface area contributed by atoms with Crippen LogP contribution in [-0.4, -0.2) is 41.8 Å². The maximum absolute atomic E-state index is 11.7. The Balaban J connectivity index is 2.01. The van der Waals surface area contributed by atoms with E-state index in [9.17, 15) is 4.79 Å². The van der Waals surface area contributed by atoms with E-state index in [1.54, 1.807) is 0 Å². The normalized spacial score (nSPS) is 21.0. The second-order valence-corrected chi connectivity index (χ2v) is 7.42. The molecule has 1 saturated heterocycles. The van der Waals surface area contributed by atoms with Gasteiger partial charge in [-0.2, -0.15) is 0 Å². The van der Waals surface area contributed by atoms with Crippen LogP contribution in [0.1, 0.15) is 41.5 Å². The van der Waals surface area contributed by atoms with Crippen molar-refractivity contribution in [2.75, 3.05) is 26.3 Å². The summed E-state index contributed by atoms with van der Waals surface area (Å²) in [5.41, 5.74) is 8.26. The number of hydrogen-bond donors (Lipinski definition) is 2. The first-order valence-electron chi connectivity index (χ1n) is 8.75. The maximum Gasteiger partial charge on any atom is 0.267 e. The summed E-state index contributed by atoms with van der Waals surface area (Å²) in [6, 6.07) is 1.67. The summed E-state index contributed by atoms with van der Waals surface area (Å²) >= 11 is 13.3. The van der Waals surface area contributed by atoms with Crippen molar-refractivity contribution in [2.45, 2.75) is 25.3 Å². The fourth-order valence-corrected chi connectivity index (χ4v) is 4.51. The zero-order chi connectivity index (χ0) is 18.3. The Morgan fingerprint density at radius 2 is 2.27 bits per heavy atom. The van der Waals surface area contributed by atoms with Gasteiger partial charge < -0.3 is 20.4 Å². The van der Waals surface area contributed by atoms with E-state index in [2.05, 4.69) is 20.9 Å². The summed E-state index contributed by atoms with van der Waals surface area (Å²) < 4.78 is 7.59. The van der Waals surface area contributed by atoms with Gasteiger partial charge in [-0.25, -0.2) is 4.98 Å². The molecule has 6 nitrogen and oxygen atoms in total. The van der Waals surface area contributed by atoms with E-state index < -0.39 is 5.91 Å². The summed E-state index contributed by atoms with van der Waals surface area (Å²) in [7, 11) is 0. The lowest BCUT2D eigenvalue weighted by Gasteiger charge is -2.28. The number of halogens is 2. The average Bonchev–Trinajstić information content (AvgIpc) is 2.96. The predicted molar refractivity (Wildman–Crippen MR) is 103 cm³/mol. The highest BCUT2D eigenvalue weighted by molar-refractivity contribution is 6.43. The van der Waals surface area contributed by atoms with Crippen LogP contribution in [0.25, 0.3) is 16.6 Å². The lowest BCUT2D eigenvalue weighted by Crippen LogP contribution is -2.32. The molecule has 26 heavy (non-hydrogen) atoms. The predicted octanol–water partition coefficient (Wildman–Crippen LogP) is 3.17. The van der Waals surface area contributed by atoms with E-state index in [4.69, 9.17) is 33.7 Å². The van der Waals surface area contributed by atoms with E-state index in [0.717, 1.165) is 43.6 Å². The van der Waals surface area contributed by atoms with Crippen LogP contribution in [0.5, 0.6) is 0 Å². The Morgan fingerprint density at radius 1 is 1.42 bits per heavy atom. The van der Waals surface area contributed by atoms with Gasteiger partial charge in [-0.1, -0.05) is 29.3 Å². The number of amides is 1. The van der Waals surface area contributed by atoms with Crippen LogP contribution in [-0.2, 0) is 4.74 Å². The van der Waals surface area contributed by atoms with Crippen molar-refractivity contribution >= 4 is 45.7 Å². The molecule has 4 heterocycles. The molecule has 0 spiro atoms. The van der Waals surface area contributed by atoms with Gasteiger partial charge in [0.25, 0.3) is 5.91 Å². The van der Waals surface area contributed by atoms with Gasteiger partial charge >= 0.3 is 0 Å². The molecule has 1 amide bonds. The van der Waals surface area contributed by atoms with E-state index in [1.165, 1.54) is 6.07 Å². The molecule has 138 valence electrons. The molecule has 1 fully saturated rings. The monoisotopic (exact) mass is 394 g/mol. The zero-order valence-corrected chi connectivity index (χ0v) is 15.7. The van der Waals surface area contributed by atoms with Crippen LogP contribution in [0.3, 0.4) is 0 Å². The van der Waals surface area contributed by atoms with E-state index in [1.807, 2.05) is 0 Å². The smallest absolute Gasteiger partial charge is 0.267 e. The quantitative estimate of drug-likeness (QED) is 0.837. The molecule has 0 radical (unpaired) electrons. The SMILES string of the molecule is NC(=O)c1cc(Cl)c2c(Cl)c(C3=CCOCC3)n(C3CCCNC3)c2n1. The molecule has 1 atom stereocenters. The number of aromatic nitrogens is 2. The van der Waals surface area contributed by atoms with E-state index in [-0.39, 0.29) is 11.7 Å². The molecular weight excluding hydrogens is 375 g/mol. The summed E-state index contributed by atoms with van der Waals surface area (Å²) in [5, 5.41) is 5.07. The van der Waals surface area contributed by atoms with Gasteiger partial charge in [0.1, 0.15) is 11.3 Å². The Kier molecular flexibility index (Phi) is 4.92. The minimum atomic E-state index is -0.605. The molecule has 0 aliphatic carbocycles. The van der Waals surface area contributed by atoms with Crippen molar-refractivity contribution in [3.8, 4) is 0 Å². The molecule has 0 saturated carbocycles. The molecule has 8 heteroatoms. The second-order valence-electron chi connectivity index (χ2n) is 6.64. The first kappa shape index (κ1) is 17.8. The van der Waals surface area contributed by atoms with Crippen molar-refractivity contribution in [1.82, 2.24) is 14.9 Å². The molecule has 2 aromatic rings. The van der Waals surface area contributed by atoms with Gasteiger partial charge in [-0.05, 0) is 37.4 Å². The van der Waals surface area contributed by atoms with Crippen LogP contribution in [0.15, 0.2) is 12.1 Å². The summed E-state index contributed by atoms with van der Waals surface area (Å²) in [6.07, 6.45) is 4.90. The average molecular weight is 395 g/mol. The maximum atomic E-state index is 11.7. The summed E-state index contributed by atoms with van der Waals surface area (Å²) in [5.74, 6) is -0.605. The van der Waals surface area contributed by atoms with Gasteiger partial charge in [0.15, 0.2) is 0 Å². The van der Waals surface area contributed by atoms with Gasteiger partial charge in [0.05, 0.1) is 34.3 Å². The third-order valence-corrected chi connectivity index (χ3v) is 5.67. The lowest BCUT2D eigenvalue weighted by molar-refractivity contribution is 0.0996. The number of nitrogens with two attached hydrogens (primary N) is 1. The van der Waals surface area contributed by atoms with Gasteiger partial charge in [-0.15, -0.1) is 0 Å². The van der Waals surface area contributed by atoms with Crippen LogP contribution in [0, 0.1) is 0 Å². The fraction of sp³-hybridized carbons (Fsp3) is 0.444. The Labute approximate surface area is 161 Å². The number of hydrogen-bond acceptors (Lipinski definition) is 4. The first-order chi connectivity index (χ1) is 12.6. The fourth-order valence-electron chi connectivity index (χ4n) is 3.78. The number of carbonyl (C=O) groups is 1. The third-order valence-electron chi connectivity index (χ3n) is 5.00. The molecule has 2 aliphatic rings. The molecule has 0 bridgehead atoms. The molecule has 2 aromatic heterocycles. The van der Waals surface area contributed by atoms with Crippen molar-refractivity contribution in [3.05, 3.63) is 33.6 Å². The lowest BCUT2D eigenvalue weighted by atomic mass is 10.0. The van der Waals surface area contributed by atoms with Gasteiger partial charge in [-0.3, -0.25) is 4.79 Å². The number of rotatable bonds is 3. The molecule has 2 aliphatic heterocycles. The topological polar surface area (TPSA) is 82.2 Å². The van der Waals surface area contributed by atoms with Crippen molar-refractivity contribution < 1.29 is 9.53 Å². The Morgan fingerprint density at radius 3 is 2.92 bits per heavy atom. The number of ether oxygens (including phenoxy) is 1. The number of piperidine rings is 1. The van der Waals surface area contributed by atoms with Crippen molar-refractivity contribution in [3.63, 3.8) is 0 Å². The number of pyridine rings is 1. The molecule has 3 N–H and O–H groups in total. The van der Waals surface area contributed by atoms with Crippen molar-refractivity contribution in [1.29, 1.82) is 0 Å². The van der Waals surface area contributed by atoms with Gasteiger partial charge in [0, 0.05) is 12.6 Å². The molecular formula is C18H20Cl2N4O2. The van der Waals surface area contributed by atoms with Crippen LogP contribution in [0.2, 0.25) is 10.0 Å². The molecule has 1 unspecified atom stereocenters. The second kappa shape index (κ2) is 7.19. The van der Waals surface area contributed by atoms with Crippen LogP contribution in [0.4, 0.5) is 0 Å². The number of carbonyl (C=O) groups excluding carboxylic acids is 1. The van der Waals surface area contributed by atoms with Gasteiger partial charge in [0.2, 0.25) is 0 Å². The Bertz CT molecular complexity index is 900. The minimum absolute atomic E-state index is 0.147. The highest BCUT2D eigenvalue weighted by atomic mass is 35.5. The number of nitrogens with zero attached hydrogens (tertiary/aromatic N) is 2. The third kappa shape index (κ3) is 3.01. The number of nitrogens with one attached hydrogen (secondary N) is 1. The zero-order valence-electron chi connectivity index (χ0n) is 14.2. The van der Waals surface area contributed by atoms with E-state index in [0.29, 0.717) is 34.3 Å². The summed E-state index contributed by atoms with van der Waals surface area (Å²) in [4.78, 5) is 16.2. The minimum Gasteiger partial charge on any atom is -0.377 e. The van der Waals surface area contributed by atoms with Crippen molar-refractivity contribution in [2.24, 2.45) is 5.73 Å². The standard InChI is InChI=1S/C18H20Cl2N4O2/c19-12-8-13(17(21)25)23-18-14(12)15(20)16(10-3-6-26-7-4-10)24(18)11-2-1-5-22-9-11/h3,8,11,22H,1-2,4-7,9H2,(H2,21,25). The Hall–Kier alpha value is -1.60.